The zero-order valence-corrected chi connectivity index (χ0v) is 15.8. The van der Waals surface area contributed by atoms with Gasteiger partial charge in [0.25, 0.3) is 5.91 Å². The lowest BCUT2D eigenvalue weighted by atomic mass is 9.93. The molecule has 1 amide bonds. The molecule has 0 spiro atoms. The van der Waals surface area contributed by atoms with E-state index in [2.05, 4.69) is 20.4 Å². The molecule has 144 valence electrons. The van der Waals surface area contributed by atoms with Crippen molar-refractivity contribution in [2.45, 2.75) is 37.8 Å². The van der Waals surface area contributed by atoms with Gasteiger partial charge in [0.15, 0.2) is 11.5 Å². The van der Waals surface area contributed by atoms with Crippen LogP contribution in [0.5, 0.6) is 6.01 Å². The minimum absolute atomic E-state index is 0.0334. The number of benzene rings is 1. The first kappa shape index (κ1) is 18.4. The summed E-state index contributed by atoms with van der Waals surface area (Å²) in [6.45, 7) is 0. The molecule has 1 aliphatic carbocycles. The van der Waals surface area contributed by atoms with Gasteiger partial charge in [-0.1, -0.05) is 47.1 Å². The predicted molar refractivity (Wildman–Crippen MR) is 103 cm³/mol. The fraction of sp³-hybridized carbons (Fsp3) is 0.300. The van der Waals surface area contributed by atoms with Crippen molar-refractivity contribution in [2.75, 3.05) is 0 Å². The zero-order valence-electron chi connectivity index (χ0n) is 15.0. The first-order valence-electron chi connectivity index (χ1n) is 9.14. The van der Waals surface area contributed by atoms with Crippen molar-refractivity contribution in [3.05, 3.63) is 59.5 Å². The van der Waals surface area contributed by atoms with E-state index in [4.69, 9.17) is 20.9 Å². The van der Waals surface area contributed by atoms with Crippen LogP contribution in [0, 0.1) is 0 Å². The summed E-state index contributed by atoms with van der Waals surface area (Å²) in [6.07, 6.45) is 6.30. The molecule has 0 aliphatic heterocycles. The highest BCUT2D eigenvalue weighted by Gasteiger charge is 2.25. The third-order valence-corrected chi connectivity index (χ3v) is 4.87. The standard InChI is InChI=1S/C20H19ClN4O3/c21-14-11-22-20(23-12-14)27-16-8-6-15(7-9-16)24-19(26)17-10-18(28-25-17)13-4-2-1-3-5-13/h1-5,10-12,15-16H,6-9H2,(H,24,26). The maximum absolute atomic E-state index is 12.5. The highest BCUT2D eigenvalue weighted by atomic mass is 35.5. The van der Waals surface area contributed by atoms with Crippen molar-refractivity contribution in [3.8, 4) is 17.3 Å². The van der Waals surface area contributed by atoms with Gasteiger partial charge in [0, 0.05) is 17.7 Å². The second kappa shape index (κ2) is 8.39. The molecule has 1 aliphatic rings. The molecular formula is C20H19ClN4O3. The molecule has 1 N–H and O–H groups in total. The van der Waals surface area contributed by atoms with Crippen LogP contribution in [0.4, 0.5) is 0 Å². The molecule has 2 heterocycles. The molecule has 7 nitrogen and oxygen atoms in total. The number of carbonyl (C=O) groups excluding carboxylic acids is 1. The fourth-order valence-corrected chi connectivity index (χ4v) is 3.31. The Hall–Kier alpha value is -2.93. The van der Waals surface area contributed by atoms with Crippen LogP contribution in [0.25, 0.3) is 11.3 Å². The number of aromatic nitrogens is 3. The van der Waals surface area contributed by atoms with E-state index in [0.717, 1.165) is 31.2 Å². The molecule has 3 aromatic rings. The van der Waals surface area contributed by atoms with Gasteiger partial charge >= 0.3 is 6.01 Å². The summed E-state index contributed by atoms with van der Waals surface area (Å²) in [5.41, 5.74) is 1.17. The summed E-state index contributed by atoms with van der Waals surface area (Å²) in [7, 11) is 0. The van der Waals surface area contributed by atoms with Crippen LogP contribution in [0.15, 0.2) is 53.3 Å². The van der Waals surface area contributed by atoms with Gasteiger partial charge in [-0.15, -0.1) is 0 Å². The van der Waals surface area contributed by atoms with Crippen LogP contribution in [0.2, 0.25) is 5.02 Å². The second-order valence-electron chi connectivity index (χ2n) is 6.69. The average molecular weight is 399 g/mol. The van der Waals surface area contributed by atoms with Crippen LogP contribution in [-0.4, -0.2) is 33.2 Å². The summed E-state index contributed by atoms with van der Waals surface area (Å²) in [6, 6.07) is 11.6. The number of ether oxygens (including phenoxy) is 1. The van der Waals surface area contributed by atoms with Gasteiger partial charge in [-0.3, -0.25) is 4.79 Å². The maximum Gasteiger partial charge on any atom is 0.316 e. The molecule has 4 rings (SSSR count). The molecule has 1 aromatic carbocycles. The van der Waals surface area contributed by atoms with E-state index in [-0.39, 0.29) is 23.7 Å². The van der Waals surface area contributed by atoms with Gasteiger partial charge < -0.3 is 14.6 Å². The first-order chi connectivity index (χ1) is 13.7. The van der Waals surface area contributed by atoms with Crippen LogP contribution in [-0.2, 0) is 0 Å². The third kappa shape index (κ3) is 4.48. The number of carbonyl (C=O) groups is 1. The molecule has 1 fully saturated rings. The topological polar surface area (TPSA) is 90.1 Å². The van der Waals surface area contributed by atoms with Gasteiger partial charge in [-0.25, -0.2) is 9.97 Å². The fourth-order valence-electron chi connectivity index (χ4n) is 3.22. The monoisotopic (exact) mass is 398 g/mol. The molecule has 0 bridgehead atoms. The van der Waals surface area contributed by atoms with E-state index in [9.17, 15) is 4.79 Å². The van der Waals surface area contributed by atoms with Crippen LogP contribution in [0.1, 0.15) is 36.2 Å². The van der Waals surface area contributed by atoms with Crippen molar-refractivity contribution < 1.29 is 14.1 Å². The Kier molecular flexibility index (Phi) is 5.53. The summed E-state index contributed by atoms with van der Waals surface area (Å²) in [4.78, 5) is 20.6. The molecular weight excluding hydrogens is 380 g/mol. The minimum atomic E-state index is -0.226. The van der Waals surface area contributed by atoms with E-state index >= 15 is 0 Å². The normalized spacial score (nSPS) is 19.2. The van der Waals surface area contributed by atoms with Crippen molar-refractivity contribution >= 4 is 17.5 Å². The Labute approximate surface area is 167 Å². The van der Waals surface area contributed by atoms with Crippen LogP contribution < -0.4 is 10.1 Å². The van der Waals surface area contributed by atoms with E-state index in [1.807, 2.05) is 30.3 Å². The Bertz CT molecular complexity index is 922. The summed E-state index contributed by atoms with van der Waals surface area (Å²) >= 11 is 5.78. The molecule has 1 saturated carbocycles. The quantitative estimate of drug-likeness (QED) is 0.700. The second-order valence-corrected chi connectivity index (χ2v) is 7.13. The maximum atomic E-state index is 12.5. The largest absolute Gasteiger partial charge is 0.460 e. The lowest BCUT2D eigenvalue weighted by Crippen LogP contribution is -2.39. The average Bonchev–Trinajstić information content (AvgIpc) is 3.22. The highest BCUT2D eigenvalue weighted by molar-refractivity contribution is 6.30. The van der Waals surface area contributed by atoms with E-state index in [0.29, 0.717) is 16.8 Å². The first-order valence-corrected chi connectivity index (χ1v) is 9.52. The number of rotatable bonds is 5. The van der Waals surface area contributed by atoms with E-state index in [1.54, 1.807) is 6.07 Å². The van der Waals surface area contributed by atoms with Crippen molar-refractivity contribution in [2.24, 2.45) is 0 Å². The van der Waals surface area contributed by atoms with Gasteiger partial charge in [-0.05, 0) is 25.7 Å². The Morgan fingerprint density at radius 1 is 1.11 bits per heavy atom. The Balaban J connectivity index is 1.28. The van der Waals surface area contributed by atoms with Gasteiger partial charge in [0.2, 0.25) is 0 Å². The summed E-state index contributed by atoms with van der Waals surface area (Å²) in [5.74, 6) is 0.349. The molecule has 28 heavy (non-hydrogen) atoms. The molecule has 0 radical (unpaired) electrons. The van der Waals surface area contributed by atoms with Gasteiger partial charge in [0.05, 0.1) is 17.4 Å². The number of hydrogen-bond donors (Lipinski definition) is 1. The van der Waals surface area contributed by atoms with Crippen molar-refractivity contribution in [1.29, 1.82) is 0 Å². The number of nitrogens with one attached hydrogen (secondary N) is 1. The lowest BCUT2D eigenvalue weighted by Gasteiger charge is -2.28. The van der Waals surface area contributed by atoms with Crippen molar-refractivity contribution in [1.82, 2.24) is 20.4 Å². The van der Waals surface area contributed by atoms with Crippen LogP contribution >= 0.6 is 11.6 Å². The smallest absolute Gasteiger partial charge is 0.316 e. The van der Waals surface area contributed by atoms with Gasteiger partial charge in [-0.2, -0.15) is 0 Å². The number of hydrogen-bond acceptors (Lipinski definition) is 6. The number of halogens is 1. The SMILES string of the molecule is O=C(NC1CCC(Oc2ncc(Cl)cn2)CC1)c1cc(-c2ccccc2)on1. The minimum Gasteiger partial charge on any atom is -0.460 e. The summed E-state index contributed by atoms with van der Waals surface area (Å²) < 4.78 is 11.1. The molecule has 2 aromatic heterocycles. The number of nitrogens with zero attached hydrogens (tertiary/aromatic N) is 3. The molecule has 0 unspecified atom stereocenters. The van der Waals surface area contributed by atoms with E-state index in [1.165, 1.54) is 12.4 Å². The van der Waals surface area contributed by atoms with Crippen LogP contribution in [0.3, 0.4) is 0 Å². The van der Waals surface area contributed by atoms with E-state index < -0.39 is 0 Å². The Morgan fingerprint density at radius 2 is 1.82 bits per heavy atom. The van der Waals surface area contributed by atoms with Gasteiger partial charge in [0.1, 0.15) is 6.10 Å². The predicted octanol–water partition coefficient (Wildman–Crippen LogP) is 3.91. The molecule has 0 saturated heterocycles. The third-order valence-electron chi connectivity index (χ3n) is 4.68. The summed E-state index contributed by atoms with van der Waals surface area (Å²) in [5, 5.41) is 7.40. The molecule has 0 atom stereocenters. The Morgan fingerprint density at radius 3 is 2.54 bits per heavy atom. The lowest BCUT2D eigenvalue weighted by molar-refractivity contribution is 0.0876. The van der Waals surface area contributed by atoms with Crippen molar-refractivity contribution in [3.63, 3.8) is 0 Å². The highest BCUT2D eigenvalue weighted by Crippen LogP contribution is 2.23. The zero-order chi connectivity index (χ0) is 19.3. The number of amides is 1. The molecule has 8 heteroatoms.